The largest absolute Gasteiger partial charge is 0.461 e. The Hall–Kier alpha value is -1.59. The second kappa shape index (κ2) is 3.65. The monoisotopic (exact) mass is 206 g/mol. The zero-order valence-corrected chi connectivity index (χ0v) is 6.80. The number of ketones is 2. The van der Waals surface area contributed by atoms with E-state index in [4.69, 9.17) is 0 Å². The van der Waals surface area contributed by atoms with Gasteiger partial charge in [0.2, 0.25) is 5.78 Å². The molecule has 0 aliphatic heterocycles. The van der Waals surface area contributed by atoms with Crippen molar-refractivity contribution < 1.29 is 27.2 Å². The zero-order valence-electron chi connectivity index (χ0n) is 6.80. The fourth-order valence-electron chi connectivity index (χ4n) is 0.773. The molecule has 0 amide bonds. The summed E-state index contributed by atoms with van der Waals surface area (Å²) in [5.74, 6) is -8.92. The van der Waals surface area contributed by atoms with Crippen LogP contribution >= 0.6 is 0 Å². The SMILES string of the molecule is O=C(CF)C(F)(F)C(=O)c1ccco1. The third-order valence-corrected chi connectivity index (χ3v) is 1.50. The molecule has 0 atom stereocenters. The lowest BCUT2D eigenvalue weighted by Gasteiger charge is -2.09. The fraction of sp³-hybridized carbons (Fsp3) is 0.250. The van der Waals surface area contributed by atoms with Crippen LogP contribution < -0.4 is 0 Å². The van der Waals surface area contributed by atoms with Crippen molar-refractivity contribution in [1.29, 1.82) is 0 Å². The van der Waals surface area contributed by atoms with E-state index in [1.165, 1.54) is 6.07 Å². The Morgan fingerprint density at radius 3 is 2.50 bits per heavy atom. The summed E-state index contributed by atoms with van der Waals surface area (Å²) in [6.07, 6.45) is 1.00. The number of carbonyl (C=O) groups is 2. The van der Waals surface area contributed by atoms with E-state index < -0.39 is 29.9 Å². The van der Waals surface area contributed by atoms with Gasteiger partial charge in [0.15, 0.2) is 12.4 Å². The van der Waals surface area contributed by atoms with Gasteiger partial charge in [0.1, 0.15) is 0 Å². The molecule has 1 aromatic heterocycles. The smallest absolute Gasteiger partial charge is 0.372 e. The molecule has 0 aliphatic carbocycles. The molecule has 0 radical (unpaired) electrons. The minimum atomic E-state index is -4.35. The minimum Gasteiger partial charge on any atom is -0.461 e. The first-order valence-electron chi connectivity index (χ1n) is 3.55. The van der Waals surface area contributed by atoms with Gasteiger partial charge in [0.05, 0.1) is 6.26 Å². The lowest BCUT2D eigenvalue weighted by molar-refractivity contribution is -0.138. The summed E-state index contributed by atoms with van der Waals surface area (Å²) in [5, 5.41) is 0. The molecule has 0 aromatic carbocycles. The molecule has 0 aliphatic rings. The topological polar surface area (TPSA) is 47.3 Å². The maximum absolute atomic E-state index is 12.8. The van der Waals surface area contributed by atoms with Crippen molar-refractivity contribution in [2.24, 2.45) is 0 Å². The fourth-order valence-corrected chi connectivity index (χ4v) is 0.773. The van der Waals surface area contributed by atoms with Crippen LogP contribution in [0.15, 0.2) is 22.8 Å². The van der Waals surface area contributed by atoms with Gasteiger partial charge in [-0.05, 0) is 12.1 Å². The molecule has 0 saturated heterocycles. The Labute approximate surface area is 76.5 Å². The van der Waals surface area contributed by atoms with Gasteiger partial charge in [-0.15, -0.1) is 0 Å². The van der Waals surface area contributed by atoms with E-state index in [0.29, 0.717) is 0 Å². The van der Waals surface area contributed by atoms with E-state index in [-0.39, 0.29) is 0 Å². The van der Waals surface area contributed by atoms with E-state index in [2.05, 4.69) is 4.42 Å². The number of Topliss-reactive ketones (excluding diaryl/α,β-unsaturated/α-hetero) is 2. The van der Waals surface area contributed by atoms with Gasteiger partial charge in [0.25, 0.3) is 5.78 Å². The lowest BCUT2D eigenvalue weighted by Crippen LogP contribution is -2.38. The number of hydrogen-bond donors (Lipinski definition) is 0. The first kappa shape index (κ1) is 10.5. The average Bonchev–Trinajstić information content (AvgIpc) is 2.67. The van der Waals surface area contributed by atoms with Crippen molar-refractivity contribution in [3.05, 3.63) is 24.2 Å². The third-order valence-electron chi connectivity index (χ3n) is 1.50. The van der Waals surface area contributed by atoms with E-state index in [0.717, 1.165) is 12.3 Å². The van der Waals surface area contributed by atoms with Gasteiger partial charge in [-0.2, -0.15) is 8.78 Å². The van der Waals surface area contributed by atoms with Crippen molar-refractivity contribution >= 4 is 11.6 Å². The molecule has 0 N–H and O–H groups in total. The van der Waals surface area contributed by atoms with Crippen molar-refractivity contribution in [1.82, 2.24) is 0 Å². The Kier molecular flexibility index (Phi) is 2.73. The van der Waals surface area contributed by atoms with Gasteiger partial charge in [0, 0.05) is 0 Å². The van der Waals surface area contributed by atoms with E-state index in [9.17, 15) is 22.8 Å². The molecule has 0 bridgehead atoms. The molecule has 0 fully saturated rings. The molecule has 1 heterocycles. The zero-order chi connectivity index (χ0) is 10.8. The number of carbonyl (C=O) groups excluding carboxylic acids is 2. The number of alkyl halides is 3. The summed E-state index contributed by atoms with van der Waals surface area (Å²) in [6, 6.07) is 2.19. The normalized spacial score (nSPS) is 11.4. The third kappa shape index (κ3) is 1.68. The van der Waals surface area contributed by atoms with Crippen molar-refractivity contribution in [3.8, 4) is 0 Å². The molecular weight excluding hydrogens is 201 g/mol. The van der Waals surface area contributed by atoms with Gasteiger partial charge >= 0.3 is 5.92 Å². The molecule has 0 spiro atoms. The molecule has 0 unspecified atom stereocenters. The van der Waals surface area contributed by atoms with Crippen molar-refractivity contribution in [3.63, 3.8) is 0 Å². The van der Waals surface area contributed by atoms with Crippen LogP contribution in [0, 0.1) is 0 Å². The average molecular weight is 206 g/mol. The van der Waals surface area contributed by atoms with Crippen molar-refractivity contribution in [2.75, 3.05) is 6.67 Å². The molecular formula is C8H5F3O3. The predicted octanol–water partition coefficient (Wildman–Crippen LogP) is 1.64. The highest BCUT2D eigenvalue weighted by atomic mass is 19.3. The summed E-state index contributed by atoms with van der Waals surface area (Å²) < 4.78 is 41.6. The molecule has 3 nitrogen and oxygen atoms in total. The molecule has 76 valence electrons. The van der Waals surface area contributed by atoms with Gasteiger partial charge in [-0.1, -0.05) is 0 Å². The van der Waals surface area contributed by atoms with E-state index in [1.54, 1.807) is 0 Å². The van der Waals surface area contributed by atoms with Crippen LogP contribution in [0.4, 0.5) is 13.2 Å². The summed E-state index contributed by atoms with van der Waals surface area (Å²) in [4.78, 5) is 21.3. The van der Waals surface area contributed by atoms with Crippen LogP contribution in [-0.4, -0.2) is 24.2 Å². The Morgan fingerprint density at radius 1 is 1.43 bits per heavy atom. The van der Waals surface area contributed by atoms with Gasteiger partial charge < -0.3 is 4.42 Å². The van der Waals surface area contributed by atoms with Gasteiger partial charge in [-0.3, -0.25) is 9.59 Å². The number of hydrogen-bond acceptors (Lipinski definition) is 3. The van der Waals surface area contributed by atoms with Crippen LogP contribution in [-0.2, 0) is 4.79 Å². The summed E-state index contributed by atoms with van der Waals surface area (Å²) in [5.41, 5.74) is 0. The van der Waals surface area contributed by atoms with E-state index in [1.807, 2.05) is 0 Å². The molecule has 0 saturated carbocycles. The highest BCUT2D eigenvalue weighted by molar-refractivity contribution is 6.15. The first-order chi connectivity index (χ1) is 6.50. The van der Waals surface area contributed by atoms with Crippen LogP contribution in [0.5, 0.6) is 0 Å². The van der Waals surface area contributed by atoms with Crippen LogP contribution in [0.1, 0.15) is 10.6 Å². The minimum absolute atomic E-state index is 0.670. The van der Waals surface area contributed by atoms with Crippen LogP contribution in [0.3, 0.4) is 0 Å². The second-order valence-corrected chi connectivity index (χ2v) is 2.44. The van der Waals surface area contributed by atoms with Crippen LogP contribution in [0.25, 0.3) is 0 Å². The Morgan fingerprint density at radius 2 is 2.07 bits per heavy atom. The van der Waals surface area contributed by atoms with Crippen LogP contribution in [0.2, 0.25) is 0 Å². The highest BCUT2D eigenvalue weighted by Crippen LogP contribution is 2.21. The number of rotatable bonds is 4. The highest BCUT2D eigenvalue weighted by Gasteiger charge is 2.48. The second-order valence-electron chi connectivity index (χ2n) is 2.44. The summed E-state index contributed by atoms with van der Waals surface area (Å²) in [7, 11) is 0. The predicted molar refractivity (Wildman–Crippen MR) is 39.0 cm³/mol. The Balaban J connectivity index is 2.94. The standard InChI is InChI=1S/C8H5F3O3/c9-4-6(12)8(10,11)7(13)5-2-1-3-14-5/h1-3H,4H2. The van der Waals surface area contributed by atoms with Gasteiger partial charge in [-0.25, -0.2) is 4.39 Å². The quantitative estimate of drug-likeness (QED) is 0.555. The maximum Gasteiger partial charge on any atom is 0.372 e. The number of halogens is 3. The molecule has 1 aromatic rings. The first-order valence-corrected chi connectivity index (χ1v) is 3.55. The Bertz CT molecular complexity index is 343. The van der Waals surface area contributed by atoms with Crippen molar-refractivity contribution in [2.45, 2.75) is 5.92 Å². The molecule has 6 heteroatoms. The molecule has 14 heavy (non-hydrogen) atoms. The summed E-state index contributed by atoms with van der Waals surface area (Å²) >= 11 is 0. The maximum atomic E-state index is 12.8. The number of furan rings is 1. The summed E-state index contributed by atoms with van der Waals surface area (Å²) in [6.45, 7) is -1.89. The lowest BCUT2D eigenvalue weighted by atomic mass is 10.1. The van der Waals surface area contributed by atoms with E-state index >= 15 is 0 Å². The molecule has 1 rings (SSSR count).